The number of carbonyl (C=O) groups is 1. The van der Waals surface area contributed by atoms with E-state index >= 15 is 0 Å². The lowest BCUT2D eigenvalue weighted by atomic mass is 10.2. The SMILES string of the molecule is O=C(Nc1ccc(SC(F)F)cc1)c1ccc(OC(F)(F)[C@@H](F)C(F)(F)F)cc1. The molecule has 2 aromatic carbocycles. The second kappa shape index (κ2) is 8.89. The van der Waals surface area contributed by atoms with Gasteiger partial charge in [0.15, 0.2) is 0 Å². The minimum absolute atomic E-state index is 0.0701. The van der Waals surface area contributed by atoms with Crippen molar-refractivity contribution in [2.45, 2.75) is 29.1 Å². The van der Waals surface area contributed by atoms with Gasteiger partial charge in [-0.1, -0.05) is 11.8 Å². The highest BCUT2D eigenvalue weighted by Gasteiger charge is 2.59. The van der Waals surface area contributed by atoms with Gasteiger partial charge in [0.2, 0.25) is 0 Å². The lowest BCUT2D eigenvalue weighted by Crippen LogP contribution is -2.45. The Hall–Kier alpha value is -2.50. The van der Waals surface area contributed by atoms with E-state index in [-0.39, 0.29) is 16.1 Å². The number of ether oxygens (including phenoxy) is 1. The zero-order valence-electron chi connectivity index (χ0n) is 14.0. The quantitative estimate of drug-likeness (QED) is 0.412. The Labute approximate surface area is 163 Å². The van der Waals surface area contributed by atoms with Gasteiger partial charge in [-0.3, -0.25) is 4.79 Å². The van der Waals surface area contributed by atoms with Gasteiger partial charge in [0.05, 0.1) is 0 Å². The fraction of sp³-hybridized carbons (Fsp3) is 0.235. The number of alkyl halides is 8. The molecule has 0 fully saturated rings. The van der Waals surface area contributed by atoms with Crippen LogP contribution < -0.4 is 10.1 Å². The molecule has 1 N–H and O–H groups in total. The molecule has 0 aliphatic rings. The standard InChI is InChI=1S/C17H11F8NO2S/c18-14(16(21,22)23)17(24,25)28-11-5-1-9(2-6-11)13(27)26-10-3-7-12(8-4-10)29-15(19)20/h1-8,14-15H,(H,26,27)/t14-/m0/s1. The second-order valence-electron chi connectivity index (χ2n) is 5.45. The summed E-state index contributed by atoms with van der Waals surface area (Å²) in [4.78, 5) is 12.3. The number of nitrogens with one attached hydrogen (secondary N) is 1. The first kappa shape index (κ1) is 22.8. The Morgan fingerprint density at radius 1 is 0.897 bits per heavy atom. The maximum absolute atomic E-state index is 13.2. The van der Waals surface area contributed by atoms with Crippen LogP contribution in [0.2, 0.25) is 0 Å². The summed E-state index contributed by atoms with van der Waals surface area (Å²) in [6.07, 6.45) is -15.5. The molecule has 1 amide bonds. The monoisotopic (exact) mass is 445 g/mol. The Morgan fingerprint density at radius 3 is 1.93 bits per heavy atom. The number of hydrogen-bond donors (Lipinski definition) is 1. The molecule has 29 heavy (non-hydrogen) atoms. The van der Waals surface area contributed by atoms with Crippen LogP contribution in [0.15, 0.2) is 53.4 Å². The molecule has 2 rings (SSSR count). The van der Waals surface area contributed by atoms with Gasteiger partial charge in [-0.2, -0.15) is 30.7 Å². The number of anilines is 1. The molecule has 0 unspecified atom stereocenters. The molecule has 2 aromatic rings. The average molecular weight is 445 g/mol. The summed E-state index contributed by atoms with van der Waals surface area (Å²) in [6.45, 7) is 0. The van der Waals surface area contributed by atoms with Crippen LogP contribution >= 0.6 is 11.8 Å². The van der Waals surface area contributed by atoms with Crippen LogP contribution in [-0.2, 0) is 0 Å². The second-order valence-corrected chi connectivity index (χ2v) is 6.51. The molecule has 0 aliphatic heterocycles. The van der Waals surface area contributed by atoms with Gasteiger partial charge in [0.25, 0.3) is 17.8 Å². The Morgan fingerprint density at radius 2 is 1.45 bits per heavy atom. The number of benzene rings is 2. The summed E-state index contributed by atoms with van der Waals surface area (Å²) in [6, 6.07) is 8.91. The first-order valence-electron chi connectivity index (χ1n) is 7.62. The number of thioether (sulfide) groups is 1. The molecule has 0 bridgehead atoms. The van der Waals surface area contributed by atoms with Crippen molar-refractivity contribution in [3.8, 4) is 5.75 Å². The molecule has 0 aromatic heterocycles. The third kappa shape index (κ3) is 6.51. The summed E-state index contributed by atoms with van der Waals surface area (Å²) in [5.74, 6) is -4.10. The van der Waals surface area contributed by atoms with Crippen molar-refractivity contribution in [1.29, 1.82) is 0 Å². The van der Waals surface area contributed by atoms with Crippen molar-refractivity contribution >= 4 is 23.4 Å². The van der Waals surface area contributed by atoms with Crippen molar-refractivity contribution in [3.63, 3.8) is 0 Å². The molecule has 1 atom stereocenters. The Bertz CT molecular complexity index is 825. The van der Waals surface area contributed by atoms with Crippen molar-refractivity contribution in [2.75, 3.05) is 5.32 Å². The van der Waals surface area contributed by atoms with Crippen molar-refractivity contribution < 1.29 is 44.7 Å². The fourth-order valence-electron chi connectivity index (χ4n) is 2.00. The maximum atomic E-state index is 13.2. The van der Waals surface area contributed by atoms with E-state index in [1.54, 1.807) is 0 Å². The molecular formula is C17H11F8NO2S. The molecule has 158 valence electrons. The largest absolute Gasteiger partial charge is 0.439 e. The Kier molecular flexibility index (Phi) is 6.98. The van der Waals surface area contributed by atoms with Crippen molar-refractivity contribution in [2.24, 2.45) is 0 Å². The zero-order chi connectivity index (χ0) is 21.8. The lowest BCUT2D eigenvalue weighted by molar-refractivity contribution is -0.304. The van der Waals surface area contributed by atoms with E-state index < -0.39 is 35.9 Å². The van der Waals surface area contributed by atoms with E-state index in [0.29, 0.717) is 11.8 Å². The summed E-state index contributed by atoms with van der Waals surface area (Å²) < 4.78 is 104. The molecule has 0 spiro atoms. The predicted octanol–water partition coefficient (Wildman–Crippen LogP) is 6.13. The summed E-state index contributed by atoms with van der Waals surface area (Å²) in [7, 11) is 0. The number of carbonyl (C=O) groups excluding carboxylic acids is 1. The minimum Gasteiger partial charge on any atom is -0.430 e. The molecular weight excluding hydrogens is 434 g/mol. The van der Waals surface area contributed by atoms with Gasteiger partial charge in [-0.05, 0) is 48.5 Å². The summed E-state index contributed by atoms with van der Waals surface area (Å²) >= 11 is 0.314. The van der Waals surface area contributed by atoms with Gasteiger partial charge in [0, 0.05) is 16.1 Å². The maximum Gasteiger partial charge on any atom is 0.439 e. The smallest absolute Gasteiger partial charge is 0.430 e. The van der Waals surface area contributed by atoms with Crippen LogP contribution in [0.3, 0.4) is 0 Å². The van der Waals surface area contributed by atoms with Crippen molar-refractivity contribution in [1.82, 2.24) is 0 Å². The van der Waals surface area contributed by atoms with E-state index in [9.17, 15) is 39.9 Å². The van der Waals surface area contributed by atoms with Gasteiger partial charge in [-0.15, -0.1) is 0 Å². The number of rotatable bonds is 7. The van der Waals surface area contributed by atoms with Crippen LogP contribution in [0.25, 0.3) is 0 Å². The summed E-state index contributed by atoms with van der Waals surface area (Å²) in [5, 5.41) is 2.41. The lowest BCUT2D eigenvalue weighted by Gasteiger charge is -2.23. The first-order chi connectivity index (χ1) is 13.4. The predicted molar refractivity (Wildman–Crippen MR) is 89.2 cm³/mol. The molecule has 0 radical (unpaired) electrons. The highest BCUT2D eigenvalue weighted by atomic mass is 32.2. The van der Waals surface area contributed by atoms with Gasteiger partial charge in [-0.25, -0.2) is 4.39 Å². The van der Waals surface area contributed by atoms with E-state index in [1.807, 2.05) is 0 Å². The van der Waals surface area contributed by atoms with E-state index in [2.05, 4.69) is 10.1 Å². The number of amides is 1. The van der Waals surface area contributed by atoms with Gasteiger partial charge >= 0.3 is 12.3 Å². The fourth-order valence-corrected chi connectivity index (χ4v) is 2.50. The molecule has 0 heterocycles. The average Bonchev–Trinajstić information content (AvgIpc) is 2.61. The highest BCUT2D eigenvalue weighted by Crippen LogP contribution is 2.36. The van der Waals surface area contributed by atoms with Gasteiger partial charge in [0.1, 0.15) is 5.75 Å². The molecule has 3 nitrogen and oxygen atoms in total. The zero-order valence-corrected chi connectivity index (χ0v) is 14.8. The number of hydrogen-bond acceptors (Lipinski definition) is 3. The van der Waals surface area contributed by atoms with E-state index in [0.717, 1.165) is 24.3 Å². The Balaban J connectivity index is 2.01. The topological polar surface area (TPSA) is 38.3 Å². The first-order valence-corrected chi connectivity index (χ1v) is 8.50. The summed E-state index contributed by atoms with van der Waals surface area (Å²) in [5.41, 5.74) is 0.185. The van der Waals surface area contributed by atoms with E-state index in [1.165, 1.54) is 24.3 Å². The molecule has 0 saturated carbocycles. The van der Waals surface area contributed by atoms with Crippen LogP contribution in [0.4, 0.5) is 40.8 Å². The minimum atomic E-state index is -5.81. The number of halogens is 8. The molecule has 0 saturated heterocycles. The third-order valence-electron chi connectivity index (χ3n) is 3.29. The third-order valence-corrected chi connectivity index (χ3v) is 4.01. The van der Waals surface area contributed by atoms with Gasteiger partial charge < -0.3 is 10.1 Å². The molecule has 0 aliphatic carbocycles. The van der Waals surface area contributed by atoms with Crippen LogP contribution in [0.5, 0.6) is 5.75 Å². The van der Waals surface area contributed by atoms with Crippen LogP contribution in [-0.4, -0.2) is 30.1 Å². The molecule has 12 heteroatoms. The van der Waals surface area contributed by atoms with E-state index in [4.69, 9.17) is 0 Å². The van der Waals surface area contributed by atoms with Crippen molar-refractivity contribution in [3.05, 3.63) is 54.1 Å². The highest BCUT2D eigenvalue weighted by molar-refractivity contribution is 7.99. The normalized spacial score (nSPS) is 13.3. The van der Waals surface area contributed by atoms with Crippen LogP contribution in [0.1, 0.15) is 10.4 Å². The van der Waals surface area contributed by atoms with Crippen LogP contribution in [0, 0.1) is 0 Å².